The van der Waals surface area contributed by atoms with Crippen molar-refractivity contribution in [3.05, 3.63) is 23.9 Å². The summed E-state index contributed by atoms with van der Waals surface area (Å²) in [5.74, 6) is 1.79. The second kappa shape index (κ2) is 8.27. The van der Waals surface area contributed by atoms with Gasteiger partial charge in [0.15, 0.2) is 0 Å². The van der Waals surface area contributed by atoms with Crippen molar-refractivity contribution in [2.45, 2.75) is 39.4 Å². The van der Waals surface area contributed by atoms with Crippen LogP contribution in [0.15, 0.2) is 18.3 Å². The number of rotatable bonds is 3. The molecule has 0 saturated carbocycles. The number of pyridine rings is 1. The number of carbonyl (C=O) groups is 1. The maximum absolute atomic E-state index is 12.9. The summed E-state index contributed by atoms with van der Waals surface area (Å²) in [5, 5.41) is 0. The molecule has 8 heteroatoms. The van der Waals surface area contributed by atoms with Gasteiger partial charge in [0.2, 0.25) is 5.91 Å². The van der Waals surface area contributed by atoms with Crippen molar-refractivity contribution in [3.63, 3.8) is 0 Å². The van der Waals surface area contributed by atoms with E-state index in [-0.39, 0.29) is 11.9 Å². The highest BCUT2D eigenvalue weighted by Gasteiger charge is 2.33. The first kappa shape index (κ1) is 20.9. The summed E-state index contributed by atoms with van der Waals surface area (Å²) >= 11 is 0. The van der Waals surface area contributed by atoms with E-state index in [0.717, 1.165) is 31.8 Å². The smallest absolute Gasteiger partial charge is 0.354 e. The molecule has 2 fully saturated rings. The molecule has 0 bridgehead atoms. The van der Waals surface area contributed by atoms with E-state index < -0.39 is 11.7 Å². The molecule has 1 aromatic rings. The van der Waals surface area contributed by atoms with E-state index in [9.17, 15) is 18.0 Å². The second-order valence-corrected chi connectivity index (χ2v) is 8.29. The summed E-state index contributed by atoms with van der Waals surface area (Å²) in [6.07, 6.45) is -2.33. The molecule has 28 heavy (non-hydrogen) atoms. The summed E-state index contributed by atoms with van der Waals surface area (Å²) < 4.78 is 38.0. The lowest BCUT2D eigenvalue weighted by Gasteiger charge is -2.41. The number of amides is 1. The van der Waals surface area contributed by atoms with Gasteiger partial charge in [-0.1, -0.05) is 13.8 Å². The van der Waals surface area contributed by atoms with Crippen molar-refractivity contribution in [2.24, 2.45) is 11.8 Å². The van der Waals surface area contributed by atoms with Crippen LogP contribution in [0.1, 0.15) is 32.8 Å². The molecule has 0 spiro atoms. The van der Waals surface area contributed by atoms with Crippen LogP contribution in [0, 0.1) is 11.8 Å². The molecule has 2 aliphatic rings. The molecule has 0 radical (unpaired) electrons. The first-order chi connectivity index (χ1) is 13.1. The topological polar surface area (TPSA) is 39.7 Å². The summed E-state index contributed by atoms with van der Waals surface area (Å²) in [4.78, 5) is 23.0. The number of nitrogens with zero attached hydrogens (tertiary/aromatic N) is 4. The quantitative estimate of drug-likeness (QED) is 0.785. The highest BCUT2D eigenvalue weighted by molar-refractivity contribution is 5.81. The summed E-state index contributed by atoms with van der Waals surface area (Å²) in [6, 6.07) is 2.31. The minimum absolute atomic E-state index is 0.180. The standard InChI is InChI=1S/C20H29F3N4O/c1-14-10-15(2)13-27(12-14)19(28)16(3)25-6-8-26(9-7-25)18-5-4-17(11-24-18)20(21,22)23/h4-5,11,14-16H,6-10,12-13H2,1-3H3. The van der Waals surface area contributed by atoms with E-state index in [2.05, 4.69) is 23.7 Å². The molecule has 2 aliphatic heterocycles. The van der Waals surface area contributed by atoms with Crippen LogP contribution in [0.3, 0.4) is 0 Å². The average molecular weight is 398 g/mol. The van der Waals surface area contributed by atoms with Crippen molar-refractivity contribution in [3.8, 4) is 0 Å². The Labute approximate surface area is 164 Å². The van der Waals surface area contributed by atoms with Gasteiger partial charge in [-0.05, 0) is 37.3 Å². The monoisotopic (exact) mass is 398 g/mol. The van der Waals surface area contributed by atoms with Crippen LogP contribution in [0.25, 0.3) is 0 Å². The molecule has 3 rings (SSSR count). The number of carbonyl (C=O) groups excluding carboxylic acids is 1. The molecular formula is C20H29F3N4O. The molecule has 156 valence electrons. The van der Waals surface area contributed by atoms with Crippen LogP contribution < -0.4 is 4.90 Å². The molecule has 1 amide bonds. The molecule has 0 N–H and O–H groups in total. The van der Waals surface area contributed by atoms with Crippen LogP contribution in [0.4, 0.5) is 19.0 Å². The molecule has 3 heterocycles. The van der Waals surface area contributed by atoms with Gasteiger partial charge < -0.3 is 9.80 Å². The Bertz CT molecular complexity index is 661. The third kappa shape index (κ3) is 4.77. The van der Waals surface area contributed by atoms with Crippen molar-refractivity contribution >= 4 is 11.7 Å². The van der Waals surface area contributed by atoms with Gasteiger partial charge in [0.05, 0.1) is 11.6 Å². The second-order valence-electron chi connectivity index (χ2n) is 8.29. The zero-order chi connectivity index (χ0) is 20.5. The number of piperidine rings is 1. The fourth-order valence-corrected chi connectivity index (χ4v) is 4.34. The van der Waals surface area contributed by atoms with Crippen LogP contribution in [-0.4, -0.2) is 66.0 Å². The number of alkyl halides is 3. The number of anilines is 1. The highest BCUT2D eigenvalue weighted by Crippen LogP contribution is 2.29. The number of halogens is 3. The van der Waals surface area contributed by atoms with Gasteiger partial charge >= 0.3 is 6.18 Å². The van der Waals surface area contributed by atoms with E-state index in [1.165, 1.54) is 6.07 Å². The molecule has 1 aromatic heterocycles. The first-order valence-electron chi connectivity index (χ1n) is 9.96. The third-order valence-corrected chi connectivity index (χ3v) is 5.80. The Morgan fingerprint density at radius 2 is 1.71 bits per heavy atom. The molecule has 2 saturated heterocycles. The zero-order valence-electron chi connectivity index (χ0n) is 16.7. The predicted octanol–water partition coefficient (Wildman–Crippen LogP) is 3.12. The maximum Gasteiger partial charge on any atom is 0.417 e. The summed E-state index contributed by atoms with van der Waals surface area (Å²) in [5.41, 5.74) is -0.737. The van der Waals surface area contributed by atoms with Gasteiger partial charge in [-0.15, -0.1) is 0 Å². The summed E-state index contributed by atoms with van der Waals surface area (Å²) in [7, 11) is 0. The van der Waals surface area contributed by atoms with Crippen LogP contribution in [0.5, 0.6) is 0 Å². The van der Waals surface area contributed by atoms with Gasteiger partial charge in [0.1, 0.15) is 5.82 Å². The lowest BCUT2D eigenvalue weighted by atomic mass is 9.91. The maximum atomic E-state index is 12.9. The van der Waals surface area contributed by atoms with Gasteiger partial charge in [-0.3, -0.25) is 9.69 Å². The Balaban J connectivity index is 1.55. The average Bonchev–Trinajstić information content (AvgIpc) is 2.65. The zero-order valence-corrected chi connectivity index (χ0v) is 16.7. The fraction of sp³-hybridized carbons (Fsp3) is 0.700. The lowest BCUT2D eigenvalue weighted by Crippen LogP contribution is -2.56. The lowest BCUT2D eigenvalue weighted by molar-refractivity contribution is -0.139. The summed E-state index contributed by atoms with van der Waals surface area (Å²) in [6.45, 7) is 10.6. The van der Waals surface area contributed by atoms with E-state index in [1.54, 1.807) is 0 Å². The van der Waals surface area contributed by atoms with Crippen molar-refractivity contribution < 1.29 is 18.0 Å². The van der Waals surface area contributed by atoms with E-state index >= 15 is 0 Å². The van der Waals surface area contributed by atoms with Crippen molar-refractivity contribution in [1.29, 1.82) is 0 Å². The van der Waals surface area contributed by atoms with Crippen molar-refractivity contribution in [2.75, 3.05) is 44.2 Å². The Hall–Kier alpha value is -1.83. The van der Waals surface area contributed by atoms with E-state index in [0.29, 0.717) is 43.8 Å². The minimum atomic E-state index is -4.37. The Kier molecular flexibility index (Phi) is 6.17. The molecule has 0 aliphatic carbocycles. The number of hydrogen-bond donors (Lipinski definition) is 0. The van der Waals surface area contributed by atoms with E-state index in [4.69, 9.17) is 0 Å². The fourth-order valence-electron chi connectivity index (χ4n) is 4.34. The largest absolute Gasteiger partial charge is 0.417 e. The van der Waals surface area contributed by atoms with Crippen molar-refractivity contribution in [1.82, 2.24) is 14.8 Å². The molecule has 5 nitrogen and oxygen atoms in total. The molecular weight excluding hydrogens is 369 g/mol. The number of aromatic nitrogens is 1. The predicted molar refractivity (Wildman–Crippen MR) is 102 cm³/mol. The number of hydrogen-bond acceptors (Lipinski definition) is 4. The molecule has 0 aromatic carbocycles. The van der Waals surface area contributed by atoms with Gasteiger partial charge in [0, 0.05) is 45.5 Å². The van der Waals surface area contributed by atoms with Gasteiger partial charge in [-0.2, -0.15) is 13.2 Å². The third-order valence-electron chi connectivity index (χ3n) is 5.80. The van der Waals surface area contributed by atoms with Gasteiger partial charge in [0.25, 0.3) is 0 Å². The van der Waals surface area contributed by atoms with E-state index in [1.807, 2.05) is 16.7 Å². The van der Waals surface area contributed by atoms with Gasteiger partial charge in [-0.25, -0.2) is 4.98 Å². The van der Waals surface area contributed by atoms with Crippen LogP contribution in [0.2, 0.25) is 0 Å². The number of piperazine rings is 1. The first-order valence-corrected chi connectivity index (χ1v) is 9.96. The highest BCUT2D eigenvalue weighted by atomic mass is 19.4. The molecule has 3 atom stereocenters. The Morgan fingerprint density at radius 3 is 2.21 bits per heavy atom. The van der Waals surface area contributed by atoms with Crippen LogP contribution >= 0.6 is 0 Å². The minimum Gasteiger partial charge on any atom is -0.354 e. The number of likely N-dealkylation sites (tertiary alicyclic amines) is 1. The SMILES string of the molecule is CC1CC(C)CN(C(=O)C(C)N2CCN(c3ccc(C(F)(F)F)cn3)CC2)C1. The van der Waals surface area contributed by atoms with Crippen LogP contribution in [-0.2, 0) is 11.0 Å². The normalized spacial score (nSPS) is 25.6. The Morgan fingerprint density at radius 1 is 1.11 bits per heavy atom. The molecule has 3 unspecified atom stereocenters.